The van der Waals surface area contributed by atoms with E-state index in [1.807, 2.05) is 20.8 Å². The topological polar surface area (TPSA) is 68.8 Å². The molecule has 0 aromatic heterocycles. The van der Waals surface area contributed by atoms with Gasteiger partial charge in [0.25, 0.3) is 0 Å². The lowest BCUT2D eigenvalue weighted by molar-refractivity contribution is 0.0525. The predicted molar refractivity (Wildman–Crippen MR) is 90.7 cm³/mol. The van der Waals surface area contributed by atoms with E-state index in [1.54, 1.807) is 7.11 Å². The Labute approximate surface area is 140 Å². The number of nitrogens with one attached hydrogen (secondary N) is 2. The summed E-state index contributed by atoms with van der Waals surface area (Å²) in [6.07, 6.45) is 2.59. The van der Waals surface area contributed by atoms with Crippen LogP contribution in [0, 0.1) is 5.92 Å². The van der Waals surface area contributed by atoms with Crippen LogP contribution in [0.1, 0.15) is 47.0 Å². The minimum Gasteiger partial charge on any atom is -0.444 e. The number of alkyl carbamates (subject to hydrolysis) is 1. The molecule has 0 radical (unpaired) electrons. The van der Waals surface area contributed by atoms with Crippen LogP contribution in [0.2, 0.25) is 0 Å². The van der Waals surface area contributed by atoms with Gasteiger partial charge in [0.2, 0.25) is 0 Å². The lowest BCUT2D eigenvalue weighted by Gasteiger charge is -2.26. The Hall–Kier alpha value is -0.850. The minimum absolute atomic E-state index is 0.288. The molecule has 1 fully saturated rings. The lowest BCUT2D eigenvalue weighted by atomic mass is 9.99. The maximum absolute atomic E-state index is 11.6. The van der Waals surface area contributed by atoms with Crippen molar-refractivity contribution >= 4 is 6.09 Å². The number of carbonyl (C=O) groups is 1. The molecule has 1 heterocycles. The van der Waals surface area contributed by atoms with Gasteiger partial charge in [0.1, 0.15) is 5.60 Å². The van der Waals surface area contributed by atoms with E-state index in [4.69, 9.17) is 14.2 Å². The molecule has 1 amide bonds. The summed E-state index contributed by atoms with van der Waals surface area (Å²) in [5.41, 5.74) is -0.455. The molecule has 0 aromatic rings. The van der Waals surface area contributed by atoms with Crippen LogP contribution in [0.3, 0.4) is 0 Å². The van der Waals surface area contributed by atoms with Crippen molar-refractivity contribution in [3.63, 3.8) is 0 Å². The van der Waals surface area contributed by atoms with E-state index < -0.39 is 5.60 Å². The minimum atomic E-state index is -0.455. The molecule has 3 atom stereocenters. The quantitative estimate of drug-likeness (QED) is 0.635. The molecule has 23 heavy (non-hydrogen) atoms. The van der Waals surface area contributed by atoms with Crippen molar-refractivity contribution in [1.82, 2.24) is 10.6 Å². The Morgan fingerprint density at radius 2 is 2.13 bits per heavy atom. The first-order valence-corrected chi connectivity index (χ1v) is 8.61. The molecule has 2 N–H and O–H groups in total. The Balaban J connectivity index is 2.23. The maximum Gasteiger partial charge on any atom is 0.407 e. The van der Waals surface area contributed by atoms with Gasteiger partial charge in [-0.3, -0.25) is 0 Å². The van der Waals surface area contributed by atoms with E-state index in [0.29, 0.717) is 25.1 Å². The monoisotopic (exact) mass is 330 g/mol. The molecule has 6 heteroatoms. The van der Waals surface area contributed by atoms with Gasteiger partial charge in [-0.25, -0.2) is 4.79 Å². The Morgan fingerprint density at radius 1 is 1.39 bits per heavy atom. The van der Waals surface area contributed by atoms with Crippen molar-refractivity contribution in [3.8, 4) is 0 Å². The number of methoxy groups -OCH3 is 1. The van der Waals surface area contributed by atoms with Crippen molar-refractivity contribution in [2.45, 2.75) is 64.6 Å². The second kappa shape index (κ2) is 10.1. The van der Waals surface area contributed by atoms with Crippen LogP contribution >= 0.6 is 0 Å². The molecule has 0 saturated carbocycles. The van der Waals surface area contributed by atoms with Gasteiger partial charge in [-0.2, -0.15) is 0 Å². The van der Waals surface area contributed by atoms with Gasteiger partial charge >= 0.3 is 6.09 Å². The molecule has 136 valence electrons. The second-order valence-corrected chi connectivity index (χ2v) is 7.30. The number of hydrogen-bond acceptors (Lipinski definition) is 5. The number of rotatable bonds is 9. The molecule has 1 saturated heterocycles. The molecule has 3 unspecified atom stereocenters. The van der Waals surface area contributed by atoms with E-state index in [1.165, 1.54) is 0 Å². The van der Waals surface area contributed by atoms with Crippen molar-refractivity contribution in [3.05, 3.63) is 0 Å². The summed E-state index contributed by atoms with van der Waals surface area (Å²) in [6.45, 7) is 10.8. The molecule has 0 aromatic carbocycles. The highest BCUT2D eigenvalue weighted by atomic mass is 16.6. The van der Waals surface area contributed by atoms with Crippen molar-refractivity contribution in [1.29, 1.82) is 0 Å². The highest BCUT2D eigenvalue weighted by molar-refractivity contribution is 5.67. The largest absolute Gasteiger partial charge is 0.444 e. The van der Waals surface area contributed by atoms with E-state index in [2.05, 4.69) is 17.6 Å². The number of carbonyl (C=O) groups excluding carboxylic acids is 1. The molecular weight excluding hydrogens is 296 g/mol. The summed E-state index contributed by atoms with van der Waals surface area (Å²) >= 11 is 0. The van der Waals surface area contributed by atoms with E-state index in [0.717, 1.165) is 32.5 Å². The number of ether oxygens (including phenoxy) is 3. The second-order valence-electron chi connectivity index (χ2n) is 7.30. The third-order valence-corrected chi connectivity index (χ3v) is 3.94. The van der Waals surface area contributed by atoms with Gasteiger partial charge in [0.05, 0.1) is 13.2 Å². The standard InChI is InChI=1S/C17H34N2O4/c1-13(14-8-10-22-11-14)19-15(12-21-5)7-6-9-18-16(20)23-17(2,3)4/h13-15,19H,6-12H2,1-5H3,(H,18,20). The SMILES string of the molecule is COCC(CCCNC(=O)OC(C)(C)C)NC(C)C1CCOC1. The fourth-order valence-corrected chi connectivity index (χ4v) is 2.72. The third kappa shape index (κ3) is 9.13. The summed E-state index contributed by atoms with van der Waals surface area (Å²) in [5, 5.41) is 6.43. The maximum atomic E-state index is 11.6. The van der Waals surface area contributed by atoms with Crippen LogP contribution in [0.4, 0.5) is 4.79 Å². The van der Waals surface area contributed by atoms with Gasteiger partial charge in [0.15, 0.2) is 0 Å². The van der Waals surface area contributed by atoms with Crippen LogP contribution in [-0.2, 0) is 14.2 Å². The van der Waals surface area contributed by atoms with Crippen molar-refractivity contribution < 1.29 is 19.0 Å². The Kier molecular flexibility index (Phi) is 8.87. The third-order valence-electron chi connectivity index (χ3n) is 3.94. The lowest BCUT2D eigenvalue weighted by Crippen LogP contribution is -2.44. The molecule has 6 nitrogen and oxygen atoms in total. The van der Waals surface area contributed by atoms with Crippen LogP contribution in [-0.4, -0.2) is 57.3 Å². The van der Waals surface area contributed by atoms with Gasteiger partial charge in [-0.1, -0.05) is 0 Å². The van der Waals surface area contributed by atoms with E-state index >= 15 is 0 Å². The highest BCUT2D eigenvalue weighted by Gasteiger charge is 2.24. The Morgan fingerprint density at radius 3 is 2.70 bits per heavy atom. The van der Waals surface area contributed by atoms with Gasteiger partial charge in [-0.15, -0.1) is 0 Å². The fraction of sp³-hybridized carbons (Fsp3) is 0.941. The van der Waals surface area contributed by atoms with Crippen LogP contribution in [0.25, 0.3) is 0 Å². The summed E-state index contributed by atoms with van der Waals surface area (Å²) in [4.78, 5) is 11.6. The van der Waals surface area contributed by atoms with E-state index in [-0.39, 0.29) is 12.1 Å². The first-order valence-electron chi connectivity index (χ1n) is 8.61. The predicted octanol–water partition coefficient (Wildman–Crippen LogP) is 2.32. The Bertz CT molecular complexity index is 338. The summed E-state index contributed by atoms with van der Waals surface area (Å²) in [5.74, 6) is 0.578. The average Bonchev–Trinajstić information content (AvgIpc) is 2.95. The van der Waals surface area contributed by atoms with Crippen molar-refractivity contribution in [2.24, 2.45) is 5.92 Å². The molecule has 1 aliphatic rings. The zero-order valence-electron chi connectivity index (χ0n) is 15.3. The molecule has 0 bridgehead atoms. The van der Waals surface area contributed by atoms with Gasteiger partial charge in [0, 0.05) is 32.3 Å². The zero-order chi connectivity index (χ0) is 17.3. The number of amides is 1. The first-order chi connectivity index (χ1) is 10.8. The van der Waals surface area contributed by atoms with Crippen LogP contribution in [0.15, 0.2) is 0 Å². The molecule has 0 aliphatic carbocycles. The zero-order valence-corrected chi connectivity index (χ0v) is 15.3. The molecule has 1 aliphatic heterocycles. The highest BCUT2D eigenvalue weighted by Crippen LogP contribution is 2.17. The van der Waals surface area contributed by atoms with Crippen molar-refractivity contribution in [2.75, 3.05) is 33.5 Å². The fourth-order valence-electron chi connectivity index (χ4n) is 2.72. The average molecular weight is 330 g/mol. The van der Waals surface area contributed by atoms with E-state index in [9.17, 15) is 4.79 Å². The first kappa shape index (κ1) is 20.2. The summed E-state index contributed by atoms with van der Waals surface area (Å²) in [6, 6.07) is 0.701. The van der Waals surface area contributed by atoms with Crippen LogP contribution < -0.4 is 10.6 Å². The summed E-state index contributed by atoms with van der Waals surface area (Å²) < 4.78 is 16.0. The molecular formula is C17H34N2O4. The molecule has 1 rings (SSSR count). The smallest absolute Gasteiger partial charge is 0.407 e. The van der Waals surface area contributed by atoms with Gasteiger partial charge < -0.3 is 24.8 Å². The van der Waals surface area contributed by atoms with Gasteiger partial charge in [-0.05, 0) is 52.9 Å². The number of hydrogen-bond donors (Lipinski definition) is 2. The summed E-state index contributed by atoms with van der Waals surface area (Å²) in [7, 11) is 1.72. The van der Waals surface area contributed by atoms with Crippen LogP contribution in [0.5, 0.6) is 0 Å². The normalized spacial score (nSPS) is 21.0. The molecule has 0 spiro atoms.